The number of hydrogen-bond donors (Lipinski definition) is 0. The second-order valence-electron chi connectivity index (χ2n) is 7.82. The van der Waals surface area contributed by atoms with E-state index in [1.54, 1.807) is 0 Å². The zero-order valence-corrected chi connectivity index (χ0v) is 16.8. The number of nitrogens with zero attached hydrogens (tertiary/aromatic N) is 3. The van der Waals surface area contributed by atoms with E-state index >= 15 is 0 Å². The minimum atomic E-state index is -4.38. The first kappa shape index (κ1) is 21.1. The van der Waals surface area contributed by atoms with Gasteiger partial charge in [0.1, 0.15) is 0 Å². The smallest absolute Gasteiger partial charge is 0.292 e. The van der Waals surface area contributed by atoms with Crippen molar-refractivity contribution in [3.05, 3.63) is 58.5 Å². The van der Waals surface area contributed by atoms with Crippen LogP contribution in [0.1, 0.15) is 30.4 Å². The van der Waals surface area contributed by atoms with E-state index in [1.165, 1.54) is 23.2 Å². The average Bonchev–Trinajstić information content (AvgIpc) is 2.62. The van der Waals surface area contributed by atoms with Crippen molar-refractivity contribution in [2.24, 2.45) is 5.92 Å². The van der Waals surface area contributed by atoms with E-state index < -0.39 is 17.6 Å². The summed E-state index contributed by atoms with van der Waals surface area (Å²) < 4.78 is 52.8. The van der Waals surface area contributed by atoms with Crippen molar-refractivity contribution >= 4 is 23.3 Å². The average molecular weight is 442 g/mol. The van der Waals surface area contributed by atoms with Gasteiger partial charge in [-0.2, -0.15) is 13.2 Å². The molecule has 9 heteroatoms. The third kappa shape index (κ3) is 4.30. The highest BCUT2D eigenvalue weighted by Gasteiger charge is 2.40. The van der Waals surface area contributed by atoms with E-state index in [0.29, 0.717) is 18.0 Å². The zero-order chi connectivity index (χ0) is 21.5. The quantitative estimate of drug-likeness (QED) is 0.632. The fourth-order valence-corrected chi connectivity index (χ4v) is 4.21. The van der Waals surface area contributed by atoms with E-state index in [2.05, 4.69) is 4.98 Å². The Morgan fingerprint density at radius 3 is 2.43 bits per heavy atom. The Kier molecular flexibility index (Phi) is 5.72. The molecular formula is C21H20ClF4N3O. The highest BCUT2D eigenvalue weighted by molar-refractivity contribution is 6.30. The molecule has 1 unspecified atom stereocenters. The molecule has 1 aromatic carbocycles. The van der Waals surface area contributed by atoms with Gasteiger partial charge >= 0.3 is 6.18 Å². The van der Waals surface area contributed by atoms with Crippen molar-refractivity contribution in [3.8, 4) is 0 Å². The summed E-state index contributed by atoms with van der Waals surface area (Å²) >= 11 is 5.77. The number of carbonyl (C=O) groups is 1. The van der Waals surface area contributed by atoms with Crippen LogP contribution in [-0.2, 0) is 17.5 Å². The number of halogens is 5. The number of rotatable bonds is 4. The minimum absolute atomic E-state index is 0.0179. The van der Waals surface area contributed by atoms with Crippen LogP contribution in [0.2, 0.25) is 5.02 Å². The number of hydrogen-bond acceptors (Lipinski definition) is 3. The van der Waals surface area contributed by atoms with Gasteiger partial charge in [-0.25, -0.2) is 9.37 Å². The molecular weight excluding hydrogens is 422 g/mol. The van der Waals surface area contributed by atoms with Gasteiger partial charge in [-0.05, 0) is 42.5 Å². The number of benzene rings is 1. The van der Waals surface area contributed by atoms with Gasteiger partial charge < -0.3 is 0 Å². The number of piperazine rings is 1. The summed E-state index contributed by atoms with van der Waals surface area (Å²) in [6, 6.07) is 6.10. The van der Waals surface area contributed by atoms with Crippen LogP contribution in [0.5, 0.6) is 0 Å². The topological polar surface area (TPSA) is 36.4 Å². The fourth-order valence-electron chi connectivity index (χ4n) is 4.07. The van der Waals surface area contributed by atoms with Crippen LogP contribution in [0.25, 0.3) is 0 Å². The molecule has 0 spiro atoms. The van der Waals surface area contributed by atoms with E-state index in [9.17, 15) is 22.4 Å². The van der Waals surface area contributed by atoms with Crippen LogP contribution >= 0.6 is 11.6 Å². The molecule has 1 amide bonds. The Labute approximate surface area is 176 Å². The summed E-state index contributed by atoms with van der Waals surface area (Å²) in [7, 11) is 0. The SMILES string of the molecule is O=C1CN(Cc2ccc(C(F)(F)F)cc2)C(C2CCC2)CN1c1ncc(Cl)cc1F. The summed E-state index contributed by atoms with van der Waals surface area (Å²) in [5.74, 6) is -0.640. The van der Waals surface area contributed by atoms with Crippen molar-refractivity contribution in [2.75, 3.05) is 18.0 Å². The molecule has 2 aromatic rings. The number of aromatic nitrogens is 1. The molecule has 30 heavy (non-hydrogen) atoms. The van der Waals surface area contributed by atoms with Crippen LogP contribution in [0.4, 0.5) is 23.4 Å². The first-order chi connectivity index (χ1) is 14.2. The Morgan fingerprint density at radius 2 is 1.87 bits per heavy atom. The van der Waals surface area contributed by atoms with Gasteiger partial charge in [0.05, 0.1) is 17.1 Å². The lowest BCUT2D eigenvalue weighted by Crippen LogP contribution is -2.59. The molecule has 4 rings (SSSR count). The van der Waals surface area contributed by atoms with Crippen LogP contribution in [-0.4, -0.2) is 34.9 Å². The predicted octanol–water partition coefficient (Wildman–Crippen LogP) is 4.91. The lowest BCUT2D eigenvalue weighted by atomic mass is 9.78. The molecule has 1 aliphatic heterocycles. The maximum Gasteiger partial charge on any atom is 0.416 e. The highest BCUT2D eigenvalue weighted by Crippen LogP contribution is 2.36. The number of alkyl halides is 3. The summed E-state index contributed by atoms with van der Waals surface area (Å²) in [5, 5.41) is 0.153. The van der Waals surface area contributed by atoms with Gasteiger partial charge in [0, 0.05) is 25.3 Å². The summed E-state index contributed by atoms with van der Waals surface area (Å²) in [4.78, 5) is 20.1. The molecule has 1 aliphatic carbocycles. The van der Waals surface area contributed by atoms with Gasteiger partial charge in [0.2, 0.25) is 5.91 Å². The van der Waals surface area contributed by atoms with Crippen molar-refractivity contribution in [2.45, 2.75) is 38.0 Å². The van der Waals surface area contributed by atoms with E-state index in [-0.39, 0.29) is 35.9 Å². The third-order valence-corrected chi connectivity index (χ3v) is 6.09. The van der Waals surface area contributed by atoms with E-state index in [4.69, 9.17) is 11.6 Å². The first-order valence-electron chi connectivity index (χ1n) is 9.74. The Hall–Kier alpha value is -2.19. The molecule has 1 saturated carbocycles. The molecule has 1 saturated heterocycles. The second kappa shape index (κ2) is 8.15. The van der Waals surface area contributed by atoms with Gasteiger partial charge in [-0.3, -0.25) is 14.6 Å². The molecule has 4 nitrogen and oxygen atoms in total. The second-order valence-corrected chi connectivity index (χ2v) is 8.26. The number of anilines is 1. The molecule has 1 atom stereocenters. The summed E-state index contributed by atoms with van der Waals surface area (Å²) in [5.41, 5.74) is -0.00338. The van der Waals surface area contributed by atoms with Crippen LogP contribution in [0.3, 0.4) is 0 Å². The van der Waals surface area contributed by atoms with Gasteiger partial charge in [0.25, 0.3) is 0 Å². The molecule has 0 radical (unpaired) electrons. The summed E-state index contributed by atoms with van der Waals surface area (Å²) in [6.07, 6.45) is 0.0285. The van der Waals surface area contributed by atoms with Gasteiger partial charge in [0.15, 0.2) is 11.6 Å². The Balaban J connectivity index is 1.54. The molecule has 0 N–H and O–H groups in total. The van der Waals surface area contributed by atoms with Crippen molar-refractivity contribution in [3.63, 3.8) is 0 Å². The number of pyridine rings is 1. The monoisotopic (exact) mass is 441 g/mol. The zero-order valence-electron chi connectivity index (χ0n) is 16.0. The van der Waals surface area contributed by atoms with Crippen LogP contribution in [0, 0.1) is 11.7 Å². The highest BCUT2D eigenvalue weighted by atomic mass is 35.5. The molecule has 0 bridgehead atoms. The Bertz CT molecular complexity index is 931. The van der Waals surface area contributed by atoms with Gasteiger partial charge in [-0.15, -0.1) is 0 Å². The van der Waals surface area contributed by atoms with Crippen LogP contribution in [0.15, 0.2) is 36.5 Å². The number of amides is 1. The van der Waals surface area contributed by atoms with Crippen LogP contribution < -0.4 is 4.90 Å². The molecule has 2 heterocycles. The predicted molar refractivity (Wildman–Crippen MR) is 105 cm³/mol. The Morgan fingerprint density at radius 1 is 1.17 bits per heavy atom. The third-order valence-electron chi connectivity index (χ3n) is 5.88. The minimum Gasteiger partial charge on any atom is -0.292 e. The maximum absolute atomic E-state index is 14.4. The largest absolute Gasteiger partial charge is 0.416 e. The fraction of sp³-hybridized carbons (Fsp3) is 0.429. The van der Waals surface area contributed by atoms with E-state index in [1.807, 2.05) is 4.90 Å². The van der Waals surface area contributed by atoms with E-state index in [0.717, 1.165) is 37.5 Å². The standard InChI is InChI=1S/C21H20ClF4N3O/c22-16-8-17(23)20(27-9-16)29-11-18(14-2-1-3-14)28(12-19(29)30)10-13-4-6-15(7-5-13)21(24,25)26/h4-9,14,18H,1-3,10-12H2. The molecule has 1 aromatic heterocycles. The molecule has 2 fully saturated rings. The van der Waals surface area contributed by atoms with Crippen molar-refractivity contribution in [1.29, 1.82) is 0 Å². The summed E-state index contributed by atoms with van der Waals surface area (Å²) in [6.45, 7) is 0.692. The van der Waals surface area contributed by atoms with Gasteiger partial charge in [-0.1, -0.05) is 30.2 Å². The lowest BCUT2D eigenvalue weighted by Gasteiger charge is -2.46. The first-order valence-corrected chi connectivity index (χ1v) is 10.1. The van der Waals surface area contributed by atoms with Crippen molar-refractivity contribution < 1.29 is 22.4 Å². The molecule has 160 valence electrons. The normalized spacial score (nSPS) is 21.0. The lowest BCUT2D eigenvalue weighted by molar-refractivity contribution is -0.137. The molecule has 2 aliphatic rings. The maximum atomic E-state index is 14.4. The number of carbonyl (C=O) groups excluding carboxylic acids is 1. The van der Waals surface area contributed by atoms with Crippen molar-refractivity contribution in [1.82, 2.24) is 9.88 Å².